The van der Waals surface area contributed by atoms with Crippen LogP contribution in [-0.4, -0.2) is 34.6 Å². The van der Waals surface area contributed by atoms with Gasteiger partial charge in [-0.15, -0.1) is 0 Å². The number of methoxy groups -OCH3 is 1. The molecule has 2 N–H and O–H groups in total. The molecule has 1 atom stereocenters. The molecule has 1 aliphatic rings. The Bertz CT molecular complexity index is 718. The molecule has 0 spiro atoms. The van der Waals surface area contributed by atoms with Crippen molar-refractivity contribution < 1.29 is 14.6 Å². The van der Waals surface area contributed by atoms with Crippen LogP contribution in [0.25, 0.3) is 0 Å². The first-order chi connectivity index (χ1) is 11.3. The number of halogens is 1. The maximum absolute atomic E-state index is 12.3. The molecule has 5 nitrogen and oxygen atoms in total. The third-order valence-corrected chi connectivity index (χ3v) is 5.23. The number of carbonyl (C=O) groups is 1. The predicted molar refractivity (Wildman–Crippen MR) is 101 cm³/mol. The molecule has 0 saturated carbocycles. The van der Waals surface area contributed by atoms with Gasteiger partial charge in [0.1, 0.15) is 0 Å². The number of Topliss-reactive ketones (excluding diaryl/α,β-unsaturated/α-hetero) is 1. The molecular weight excluding hydrogens is 392 g/mol. The number of aromatic hydroxyl groups is 1. The van der Waals surface area contributed by atoms with E-state index in [2.05, 4.69) is 28.2 Å². The van der Waals surface area contributed by atoms with Crippen LogP contribution in [-0.2, 0) is 4.79 Å². The van der Waals surface area contributed by atoms with E-state index in [0.717, 1.165) is 24.2 Å². The number of ether oxygens (including phenoxy) is 1. The van der Waals surface area contributed by atoms with Crippen LogP contribution in [0.5, 0.6) is 11.5 Å². The molecule has 1 aromatic carbocycles. The number of hydrogen-bond acceptors (Lipinski definition) is 4. The summed E-state index contributed by atoms with van der Waals surface area (Å²) in [4.78, 5) is 14.2. The quantitative estimate of drug-likeness (QED) is 0.719. The van der Waals surface area contributed by atoms with Crippen LogP contribution >= 0.6 is 28.1 Å². The number of benzene rings is 1. The number of nitrogens with one attached hydrogen (secondary N) is 1. The molecule has 1 unspecified atom stereocenters. The van der Waals surface area contributed by atoms with Crippen molar-refractivity contribution in [2.45, 2.75) is 33.2 Å². The minimum absolute atomic E-state index is 0.000684. The van der Waals surface area contributed by atoms with Gasteiger partial charge < -0.3 is 20.1 Å². The highest BCUT2D eigenvalue weighted by Gasteiger charge is 2.33. The monoisotopic (exact) mass is 412 g/mol. The molecule has 0 radical (unpaired) electrons. The highest BCUT2D eigenvalue weighted by Crippen LogP contribution is 2.42. The number of thiocarbonyl (C=S) groups is 1. The van der Waals surface area contributed by atoms with Gasteiger partial charge in [0, 0.05) is 17.8 Å². The number of hydrogen-bond donors (Lipinski definition) is 2. The van der Waals surface area contributed by atoms with Crippen LogP contribution in [0.15, 0.2) is 27.9 Å². The molecule has 0 saturated heterocycles. The van der Waals surface area contributed by atoms with Crippen molar-refractivity contribution in [1.29, 1.82) is 0 Å². The van der Waals surface area contributed by atoms with Crippen LogP contribution < -0.4 is 10.1 Å². The van der Waals surface area contributed by atoms with Gasteiger partial charge in [0.25, 0.3) is 0 Å². The topological polar surface area (TPSA) is 61.8 Å². The Kier molecular flexibility index (Phi) is 5.87. The third-order valence-electron chi connectivity index (χ3n) is 4.06. The number of nitrogens with zero attached hydrogens (tertiary/aromatic N) is 1. The van der Waals surface area contributed by atoms with E-state index in [-0.39, 0.29) is 11.5 Å². The Hall–Kier alpha value is -1.60. The number of phenolic OH excluding ortho intramolecular Hbond substituents is 1. The number of ketones is 1. The van der Waals surface area contributed by atoms with Crippen LogP contribution in [0.4, 0.5) is 0 Å². The van der Waals surface area contributed by atoms with Crippen molar-refractivity contribution in [1.82, 2.24) is 10.2 Å². The van der Waals surface area contributed by atoms with E-state index in [1.807, 2.05) is 17.9 Å². The van der Waals surface area contributed by atoms with Crippen molar-refractivity contribution in [3.05, 3.63) is 33.4 Å². The highest BCUT2D eigenvalue weighted by atomic mass is 79.9. The first kappa shape index (κ1) is 18.7. The van der Waals surface area contributed by atoms with Gasteiger partial charge in [-0.2, -0.15) is 0 Å². The third kappa shape index (κ3) is 3.28. The Balaban J connectivity index is 2.59. The van der Waals surface area contributed by atoms with Gasteiger partial charge in [-0.05, 0) is 60.0 Å². The zero-order chi connectivity index (χ0) is 18.0. The van der Waals surface area contributed by atoms with Gasteiger partial charge in [-0.1, -0.05) is 13.0 Å². The zero-order valence-electron chi connectivity index (χ0n) is 14.1. The van der Waals surface area contributed by atoms with E-state index in [9.17, 15) is 9.90 Å². The lowest BCUT2D eigenvalue weighted by Crippen LogP contribution is -2.47. The second-order valence-corrected chi connectivity index (χ2v) is 6.79. The second kappa shape index (κ2) is 7.53. The van der Waals surface area contributed by atoms with Gasteiger partial charge in [-0.3, -0.25) is 4.79 Å². The van der Waals surface area contributed by atoms with Gasteiger partial charge in [0.05, 0.1) is 17.6 Å². The minimum Gasteiger partial charge on any atom is -0.503 e. The predicted octanol–water partition coefficient (Wildman–Crippen LogP) is 3.67. The standard InChI is InChI=1S/C17H21BrN2O3S/c1-5-8-20-9(2)13(10(3)21)15(19-17(20)24)11-6-7-12(23-4)16(22)14(11)18/h6-7,15,22H,5,8H2,1-4H3,(H,19,24). The molecule has 2 rings (SSSR count). The molecule has 1 heterocycles. The maximum Gasteiger partial charge on any atom is 0.173 e. The number of phenols is 1. The first-order valence-corrected chi connectivity index (χ1v) is 8.88. The summed E-state index contributed by atoms with van der Waals surface area (Å²) in [5, 5.41) is 14.1. The van der Waals surface area contributed by atoms with Gasteiger partial charge in [-0.25, -0.2) is 0 Å². The molecule has 0 bridgehead atoms. The fraction of sp³-hybridized carbons (Fsp3) is 0.412. The maximum atomic E-state index is 12.3. The summed E-state index contributed by atoms with van der Waals surface area (Å²) in [7, 11) is 1.49. The summed E-state index contributed by atoms with van der Waals surface area (Å²) in [6, 6.07) is 3.06. The Labute approximate surface area is 155 Å². The molecule has 0 aromatic heterocycles. The Morgan fingerprint density at radius 2 is 2.17 bits per heavy atom. The van der Waals surface area contributed by atoms with Gasteiger partial charge >= 0.3 is 0 Å². The van der Waals surface area contributed by atoms with Gasteiger partial charge in [0.2, 0.25) is 0 Å². The zero-order valence-corrected chi connectivity index (χ0v) is 16.5. The molecule has 7 heteroatoms. The molecule has 1 aliphatic heterocycles. The van der Waals surface area contributed by atoms with Crippen LogP contribution in [0.1, 0.15) is 38.8 Å². The van der Waals surface area contributed by atoms with Crippen molar-refractivity contribution in [2.24, 2.45) is 0 Å². The van der Waals surface area contributed by atoms with Crippen LogP contribution in [0.2, 0.25) is 0 Å². The molecule has 0 aliphatic carbocycles. The van der Waals surface area contributed by atoms with Gasteiger partial charge in [0.15, 0.2) is 22.4 Å². The molecular formula is C17H21BrN2O3S. The van der Waals surface area contributed by atoms with Crippen LogP contribution in [0.3, 0.4) is 0 Å². The van der Waals surface area contributed by atoms with E-state index in [0.29, 0.717) is 20.9 Å². The SMILES string of the molecule is CCCN1C(=S)NC(c2ccc(OC)c(O)c2Br)C(C(C)=O)=C1C. The lowest BCUT2D eigenvalue weighted by Gasteiger charge is -2.38. The molecule has 0 fully saturated rings. The van der Waals surface area contributed by atoms with E-state index < -0.39 is 6.04 Å². The van der Waals surface area contributed by atoms with E-state index in [1.165, 1.54) is 7.11 Å². The highest BCUT2D eigenvalue weighted by molar-refractivity contribution is 9.10. The molecule has 24 heavy (non-hydrogen) atoms. The Morgan fingerprint density at radius 3 is 2.71 bits per heavy atom. The number of allylic oxidation sites excluding steroid dienone is 1. The summed E-state index contributed by atoms with van der Waals surface area (Å²) >= 11 is 8.89. The van der Waals surface area contributed by atoms with Crippen molar-refractivity contribution in [2.75, 3.05) is 13.7 Å². The smallest absolute Gasteiger partial charge is 0.173 e. The fourth-order valence-electron chi connectivity index (χ4n) is 2.91. The number of rotatable bonds is 5. The lowest BCUT2D eigenvalue weighted by atomic mass is 9.92. The average Bonchev–Trinajstić information content (AvgIpc) is 2.53. The summed E-state index contributed by atoms with van der Waals surface area (Å²) in [6.45, 7) is 6.26. The largest absolute Gasteiger partial charge is 0.503 e. The van der Waals surface area contributed by atoms with Crippen molar-refractivity contribution >= 4 is 39.0 Å². The van der Waals surface area contributed by atoms with Crippen LogP contribution in [0, 0.1) is 0 Å². The lowest BCUT2D eigenvalue weighted by molar-refractivity contribution is -0.114. The van der Waals surface area contributed by atoms with E-state index in [4.69, 9.17) is 17.0 Å². The first-order valence-electron chi connectivity index (χ1n) is 7.68. The Morgan fingerprint density at radius 1 is 1.50 bits per heavy atom. The minimum atomic E-state index is -0.422. The summed E-state index contributed by atoms with van der Waals surface area (Å²) < 4.78 is 5.60. The van der Waals surface area contributed by atoms with E-state index >= 15 is 0 Å². The summed E-state index contributed by atoms with van der Waals surface area (Å²) in [6.07, 6.45) is 0.919. The van der Waals surface area contributed by atoms with Crippen molar-refractivity contribution in [3.8, 4) is 11.5 Å². The molecule has 130 valence electrons. The average molecular weight is 413 g/mol. The van der Waals surface area contributed by atoms with Crippen molar-refractivity contribution in [3.63, 3.8) is 0 Å². The summed E-state index contributed by atoms with van der Waals surface area (Å²) in [5.74, 6) is 0.330. The number of carbonyl (C=O) groups excluding carboxylic acids is 1. The normalized spacial score (nSPS) is 17.8. The molecule has 1 aromatic rings. The fourth-order valence-corrected chi connectivity index (χ4v) is 3.82. The summed E-state index contributed by atoms with van der Waals surface area (Å²) in [5.41, 5.74) is 2.22. The second-order valence-electron chi connectivity index (χ2n) is 5.61. The molecule has 0 amide bonds. The van der Waals surface area contributed by atoms with E-state index in [1.54, 1.807) is 13.0 Å².